The third-order valence-electron chi connectivity index (χ3n) is 1.45. The second-order valence-electron chi connectivity index (χ2n) is 2.45. The number of amides is 1. The van der Waals surface area contributed by atoms with Crippen molar-refractivity contribution >= 4 is 5.91 Å². The SMILES string of the molecule is CCOC(C)(OCC)C(=O)NOC. The first kappa shape index (κ1) is 12.3. The summed E-state index contributed by atoms with van der Waals surface area (Å²) in [4.78, 5) is 15.8. The molecule has 0 aliphatic heterocycles. The van der Waals surface area contributed by atoms with Crippen LogP contribution < -0.4 is 5.48 Å². The lowest BCUT2D eigenvalue weighted by Crippen LogP contribution is -2.48. The zero-order valence-corrected chi connectivity index (χ0v) is 8.55. The van der Waals surface area contributed by atoms with Crippen molar-refractivity contribution in [2.45, 2.75) is 26.6 Å². The Balaban J connectivity index is 4.27. The van der Waals surface area contributed by atoms with Gasteiger partial charge in [0.1, 0.15) is 0 Å². The highest BCUT2D eigenvalue weighted by atomic mass is 16.7. The van der Waals surface area contributed by atoms with Gasteiger partial charge in [-0.1, -0.05) is 0 Å². The highest BCUT2D eigenvalue weighted by molar-refractivity contribution is 5.82. The molecule has 0 heterocycles. The quantitative estimate of drug-likeness (QED) is 0.489. The molecule has 0 fully saturated rings. The lowest BCUT2D eigenvalue weighted by molar-refractivity contribution is -0.225. The molecule has 0 aromatic rings. The number of hydrogen-bond donors (Lipinski definition) is 1. The summed E-state index contributed by atoms with van der Waals surface area (Å²) in [5.41, 5.74) is 2.17. The van der Waals surface area contributed by atoms with Gasteiger partial charge in [-0.25, -0.2) is 5.48 Å². The molecule has 0 atom stereocenters. The number of hydroxylamine groups is 1. The Bertz CT molecular complexity index is 154. The Kier molecular flexibility index (Phi) is 5.61. The van der Waals surface area contributed by atoms with Gasteiger partial charge in [0.25, 0.3) is 0 Å². The third kappa shape index (κ3) is 3.71. The fourth-order valence-corrected chi connectivity index (χ4v) is 0.909. The number of carbonyl (C=O) groups is 1. The molecule has 0 aromatic heterocycles. The Morgan fingerprint density at radius 3 is 2.08 bits per heavy atom. The standard InChI is InChI=1S/C8H17NO4/c1-5-12-8(3,13-6-2)7(10)9-11-4/h5-6H2,1-4H3,(H,9,10). The van der Waals surface area contributed by atoms with Crippen molar-refractivity contribution in [3.8, 4) is 0 Å². The van der Waals surface area contributed by atoms with E-state index in [2.05, 4.69) is 10.3 Å². The van der Waals surface area contributed by atoms with Gasteiger partial charge in [0.2, 0.25) is 5.79 Å². The van der Waals surface area contributed by atoms with E-state index in [-0.39, 0.29) is 0 Å². The van der Waals surface area contributed by atoms with Gasteiger partial charge in [-0.3, -0.25) is 9.63 Å². The van der Waals surface area contributed by atoms with Crippen LogP contribution in [0.3, 0.4) is 0 Å². The van der Waals surface area contributed by atoms with E-state index in [0.29, 0.717) is 13.2 Å². The molecular formula is C8H17NO4. The molecule has 0 aromatic carbocycles. The van der Waals surface area contributed by atoms with Crippen LogP contribution in [-0.2, 0) is 19.1 Å². The van der Waals surface area contributed by atoms with E-state index in [0.717, 1.165) is 0 Å². The maximum absolute atomic E-state index is 11.4. The van der Waals surface area contributed by atoms with Crippen molar-refractivity contribution in [2.75, 3.05) is 20.3 Å². The topological polar surface area (TPSA) is 56.8 Å². The Morgan fingerprint density at radius 1 is 1.31 bits per heavy atom. The van der Waals surface area contributed by atoms with E-state index >= 15 is 0 Å². The van der Waals surface area contributed by atoms with Crippen LogP contribution >= 0.6 is 0 Å². The fourth-order valence-electron chi connectivity index (χ4n) is 0.909. The summed E-state index contributed by atoms with van der Waals surface area (Å²) in [6.07, 6.45) is 0. The first-order chi connectivity index (χ1) is 6.10. The van der Waals surface area contributed by atoms with Crippen molar-refractivity contribution in [1.82, 2.24) is 5.48 Å². The number of rotatable bonds is 6. The summed E-state index contributed by atoms with van der Waals surface area (Å²) in [6.45, 7) is 5.92. The first-order valence-corrected chi connectivity index (χ1v) is 4.22. The molecule has 0 bridgehead atoms. The van der Waals surface area contributed by atoms with Gasteiger partial charge >= 0.3 is 5.91 Å². The minimum Gasteiger partial charge on any atom is -0.343 e. The molecular weight excluding hydrogens is 174 g/mol. The van der Waals surface area contributed by atoms with Gasteiger partial charge in [0, 0.05) is 13.2 Å². The molecule has 0 saturated carbocycles. The van der Waals surface area contributed by atoms with Crippen molar-refractivity contribution < 1.29 is 19.1 Å². The van der Waals surface area contributed by atoms with Crippen LogP contribution in [0.1, 0.15) is 20.8 Å². The Morgan fingerprint density at radius 2 is 1.77 bits per heavy atom. The van der Waals surface area contributed by atoms with Crippen LogP contribution in [0.25, 0.3) is 0 Å². The van der Waals surface area contributed by atoms with E-state index in [9.17, 15) is 4.79 Å². The lowest BCUT2D eigenvalue weighted by Gasteiger charge is -2.26. The molecule has 13 heavy (non-hydrogen) atoms. The van der Waals surface area contributed by atoms with E-state index in [4.69, 9.17) is 9.47 Å². The summed E-state index contributed by atoms with van der Waals surface area (Å²) >= 11 is 0. The molecule has 0 aliphatic carbocycles. The molecule has 1 amide bonds. The van der Waals surface area contributed by atoms with Crippen LogP contribution in [0.2, 0.25) is 0 Å². The number of ether oxygens (including phenoxy) is 2. The van der Waals surface area contributed by atoms with Gasteiger partial charge in [-0.15, -0.1) is 0 Å². The van der Waals surface area contributed by atoms with Crippen LogP contribution in [0.15, 0.2) is 0 Å². The lowest BCUT2D eigenvalue weighted by atomic mass is 10.3. The number of nitrogens with one attached hydrogen (secondary N) is 1. The van der Waals surface area contributed by atoms with E-state index in [1.165, 1.54) is 7.11 Å². The van der Waals surface area contributed by atoms with Gasteiger partial charge in [0.05, 0.1) is 7.11 Å². The van der Waals surface area contributed by atoms with Crippen LogP contribution in [0.5, 0.6) is 0 Å². The van der Waals surface area contributed by atoms with Crippen LogP contribution in [0.4, 0.5) is 0 Å². The van der Waals surface area contributed by atoms with Crippen molar-refractivity contribution in [3.05, 3.63) is 0 Å². The van der Waals surface area contributed by atoms with Gasteiger partial charge in [0.15, 0.2) is 0 Å². The predicted molar refractivity (Wildman–Crippen MR) is 46.8 cm³/mol. The largest absolute Gasteiger partial charge is 0.343 e. The summed E-state index contributed by atoms with van der Waals surface area (Å²) < 4.78 is 10.3. The molecule has 0 aliphatic rings. The smallest absolute Gasteiger partial charge is 0.303 e. The minimum atomic E-state index is -1.26. The highest BCUT2D eigenvalue weighted by Crippen LogP contribution is 2.12. The van der Waals surface area contributed by atoms with E-state index in [1.54, 1.807) is 20.8 Å². The first-order valence-electron chi connectivity index (χ1n) is 4.22. The number of carbonyl (C=O) groups excluding carboxylic acids is 1. The van der Waals surface area contributed by atoms with Crippen LogP contribution in [0, 0.1) is 0 Å². The maximum atomic E-state index is 11.4. The fraction of sp³-hybridized carbons (Fsp3) is 0.875. The molecule has 5 heteroatoms. The number of hydrogen-bond acceptors (Lipinski definition) is 4. The Hall–Kier alpha value is -0.650. The summed E-state index contributed by atoms with van der Waals surface area (Å²) in [5.74, 6) is -1.71. The van der Waals surface area contributed by atoms with Gasteiger partial charge in [-0.05, 0) is 20.8 Å². The predicted octanol–water partition coefficient (Wildman–Crippen LogP) is 0.453. The average Bonchev–Trinajstić information content (AvgIpc) is 2.05. The van der Waals surface area contributed by atoms with Crippen molar-refractivity contribution in [1.29, 1.82) is 0 Å². The third-order valence-corrected chi connectivity index (χ3v) is 1.45. The zero-order chi connectivity index (χ0) is 10.3. The van der Waals surface area contributed by atoms with E-state index < -0.39 is 11.7 Å². The highest BCUT2D eigenvalue weighted by Gasteiger charge is 2.34. The molecule has 0 saturated heterocycles. The van der Waals surface area contributed by atoms with E-state index in [1.807, 2.05) is 0 Å². The maximum Gasteiger partial charge on any atom is 0.303 e. The average molecular weight is 191 g/mol. The minimum absolute atomic E-state index is 0.396. The molecule has 0 spiro atoms. The summed E-state index contributed by atoms with van der Waals surface area (Å²) in [7, 11) is 1.36. The molecule has 0 rings (SSSR count). The van der Waals surface area contributed by atoms with Crippen LogP contribution in [-0.4, -0.2) is 32.0 Å². The Labute approximate surface area is 78.3 Å². The molecule has 1 N–H and O–H groups in total. The van der Waals surface area contributed by atoms with Crippen molar-refractivity contribution in [3.63, 3.8) is 0 Å². The van der Waals surface area contributed by atoms with Gasteiger partial charge < -0.3 is 9.47 Å². The normalized spacial score (nSPS) is 11.4. The summed E-state index contributed by atoms with van der Waals surface area (Å²) in [5, 5.41) is 0. The monoisotopic (exact) mass is 191 g/mol. The van der Waals surface area contributed by atoms with Gasteiger partial charge in [-0.2, -0.15) is 0 Å². The molecule has 78 valence electrons. The molecule has 0 unspecified atom stereocenters. The molecule has 5 nitrogen and oxygen atoms in total. The second-order valence-corrected chi connectivity index (χ2v) is 2.45. The summed E-state index contributed by atoms with van der Waals surface area (Å²) in [6, 6.07) is 0. The molecule has 0 radical (unpaired) electrons. The second kappa shape index (κ2) is 5.90. The zero-order valence-electron chi connectivity index (χ0n) is 8.55. The van der Waals surface area contributed by atoms with Crippen molar-refractivity contribution in [2.24, 2.45) is 0 Å².